The van der Waals surface area contributed by atoms with Gasteiger partial charge in [-0.25, -0.2) is 4.39 Å². The van der Waals surface area contributed by atoms with Crippen LogP contribution in [0.25, 0.3) is 10.9 Å². The number of carbonyl (C=O) groups is 1. The molecule has 0 saturated heterocycles. The van der Waals surface area contributed by atoms with E-state index < -0.39 is 0 Å². The van der Waals surface area contributed by atoms with Crippen LogP contribution in [0.5, 0.6) is 11.5 Å². The molecule has 0 radical (unpaired) electrons. The Hall–Kier alpha value is -3.93. The Bertz CT molecular complexity index is 1390. The molecule has 0 spiro atoms. The van der Waals surface area contributed by atoms with Crippen LogP contribution in [0.2, 0.25) is 0 Å². The molecule has 0 atom stereocenters. The number of hydrogen-bond donors (Lipinski definition) is 0. The number of fused-ring (bicyclic) bond motifs is 2. The third kappa shape index (κ3) is 3.54. The Kier molecular flexibility index (Phi) is 4.98. The highest BCUT2D eigenvalue weighted by Gasteiger charge is 2.21. The molecule has 1 aromatic heterocycles. The number of pyridine rings is 1. The topological polar surface area (TPSA) is 57.5 Å². The largest absolute Gasteiger partial charge is 0.454 e. The zero-order valence-corrected chi connectivity index (χ0v) is 17.4. The van der Waals surface area contributed by atoms with Gasteiger partial charge in [-0.1, -0.05) is 43.3 Å². The minimum absolute atomic E-state index is 0.0720. The molecule has 32 heavy (non-hydrogen) atoms. The van der Waals surface area contributed by atoms with Crippen molar-refractivity contribution in [2.24, 2.45) is 0 Å². The van der Waals surface area contributed by atoms with Crippen LogP contribution in [-0.4, -0.2) is 17.1 Å². The van der Waals surface area contributed by atoms with Gasteiger partial charge < -0.3 is 14.0 Å². The summed E-state index contributed by atoms with van der Waals surface area (Å²) >= 11 is 0. The number of benzene rings is 3. The zero-order chi connectivity index (χ0) is 22.2. The molecule has 5 rings (SSSR count). The van der Waals surface area contributed by atoms with Crippen LogP contribution in [0.4, 0.5) is 4.39 Å². The first-order chi connectivity index (χ1) is 15.5. The molecule has 0 bridgehead atoms. The standard InChI is InChI=1S/C26H20FNO4/c1-2-16-3-7-18(8-4-16)25(29)21-14-28(13-17-5-9-19(27)10-6-17)22-12-24-23(31-15-32-24)11-20(22)26(21)30/h3-12,14H,2,13,15H2,1H3. The molecule has 1 aliphatic heterocycles. The Morgan fingerprint density at radius 3 is 2.31 bits per heavy atom. The van der Waals surface area contributed by atoms with Crippen LogP contribution >= 0.6 is 0 Å². The fraction of sp³-hybridized carbons (Fsp3) is 0.154. The number of aryl methyl sites for hydroxylation is 1. The lowest BCUT2D eigenvalue weighted by molar-refractivity contribution is 0.103. The predicted molar refractivity (Wildman–Crippen MR) is 119 cm³/mol. The van der Waals surface area contributed by atoms with E-state index in [9.17, 15) is 14.0 Å². The van der Waals surface area contributed by atoms with Crippen LogP contribution in [0.1, 0.15) is 34.0 Å². The van der Waals surface area contributed by atoms with Crippen molar-refractivity contribution in [2.45, 2.75) is 19.9 Å². The van der Waals surface area contributed by atoms with Crippen molar-refractivity contribution in [1.29, 1.82) is 0 Å². The van der Waals surface area contributed by atoms with Gasteiger partial charge >= 0.3 is 0 Å². The van der Waals surface area contributed by atoms with Crippen LogP contribution in [-0.2, 0) is 13.0 Å². The lowest BCUT2D eigenvalue weighted by Gasteiger charge is -2.14. The molecule has 0 fully saturated rings. The second-order valence-corrected chi connectivity index (χ2v) is 7.73. The predicted octanol–water partition coefficient (Wildman–Crippen LogP) is 4.71. The fourth-order valence-electron chi connectivity index (χ4n) is 3.91. The number of aromatic nitrogens is 1. The molecular weight excluding hydrogens is 409 g/mol. The minimum atomic E-state index is -0.363. The first-order valence-electron chi connectivity index (χ1n) is 10.4. The van der Waals surface area contributed by atoms with Gasteiger partial charge in [-0.15, -0.1) is 0 Å². The monoisotopic (exact) mass is 429 g/mol. The van der Waals surface area contributed by atoms with Crippen LogP contribution in [0, 0.1) is 5.82 Å². The number of carbonyl (C=O) groups excluding carboxylic acids is 1. The number of rotatable bonds is 5. The highest BCUT2D eigenvalue weighted by atomic mass is 19.1. The molecule has 160 valence electrons. The van der Waals surface area contributed by atoms with Gasteiger partial charge in [0, 0.05) is 24.4 Å². The maximum Gasteiger partial charge on any atom is 0.231 e. The molecule has 1 aliphatic rings. The van der Waals surface area contributed by atoms with Crippen LogP contribution < -0.4 is 14.9 Å². The maximum absolute atomic E-state index is 13.4. The third-order valence-corrected chi connectivity index (χ3v) is 5.71. The van der Waals surface area contributed by atoms with Gasteiger partial charge in [0.2, 0.25) is 12.2 Å². The minimum Gasteiger partial charge on any atom is -0.454 e. The molecule has 5 nitrogen and oxygen atoms in total. The number of hydrogen-bond acceptors (Lipinski definition) is 4. The van der Waals surface area contributed by atoms with Crippen molar-refractivity contribution in [2.75, 3.05) is 6.79 Å². The van der Waals surface area contributed by atoms with Gasteiger partial charge in [0.15, 0.2) is 17.3 Å². The van der Waals surface area contributed by atoms with Gasteiger partial charge in [-0.3, -0.25) is 9.59 Å². The summed E-state index contributed by atoms with van der Waals surface area (Å²) in [5, 5.41) is 0.368. The summed E-state index contributed by atoms with van der Waals surface area (Å²) in [5.74, 6) is 0.345. The van der Waals surface area contributed by atoms with Gasteiger partial charge in [-0.05, 0) is 35.7 Å². The highest BCUT2D eigenvalue weighted by Crippen LogP contribution is 2.35. The molecule has 0 saturated carbocycles. The molecule has 0 N–H and O–H groups in total. The quantitative estimate of drug-likeness (QED) is 0.431. The molecule has 0 amide bonds. The number of ether oxygens (including phenoxy) is 2. The molecule has 0 aliphatic carbocycles. The summed E-state index contributed by atoms with van der Waals surface area (Å²) in [4.78, 5) is 26.6. The van der Waals surface area contributed by atoms with E-state index in [4.69, 9.17) is 9.47 Å². The van der Waals surface area contributed by atoms with Crippen molar-refractivity contribution in [3.63, 3.8) is 0 Å². The molecule has 0 unspecified atom stereocenters. The Labute approximate surface area is 183 Å². The highest BCUT2D eigenvalue weighted by molar-refractivity contribution is 6.10. The smallest absolute Gasteiger partial charge is 0.231 e. The zero-order valence-electron chi connectivity index (χ0n) is 17.4. The second kappa shape index (κ2) is 7.96. The van der Waals surface area contributed by atoms with E-state index in [1.165, 1.54) is 12.1 Å². The van der Waals surface area contributed by atoms with E-state index in [1.54, 1.807) is 42.6 Å². The number of halogens is 1. The lowest BCUT2D eigenvalue weighted by atomic mass is 10.00. The Morgan fingerprint density at radius 2 is 1.62 bits per heavy atom. The summed E-state index contributed by atoms with van der Waals surface area (Å²) < 4.78 is 26.1. The fourth-order valence-corrected chi connectivity index (χ4v) is 3.91. The average molecular weight is 429 g/mol. The maximum atomic E-state index is 13.4. The van der Waals surface area contributed by atoms with E-state index in [2.05, 4.69) is 0 Å². The van der Waals surface area contributed by atoms with Crippen LogP contribution in [0.3, 0.4) is 0 Å². The van der Waals surface area contributed by atoms with E-state index in [1.807, 2.05) is 23.6 Å². The van der Waals surface area contributed by atoms with Crippen molar-refractivity contribution < 1.29 is 18.7 Å². The molecule has 2 heterocycles. The van der Waals surface area contributed by atoms with Gasteiger partial charge in [0.25, 0.3) is 0 Å². The van der Waals surface area contributed by atoms with E-state index in [-0.39, 0.29) is 29.4 Å². The van der Waals surface area contributed by atoms with E-state index in [0.29, 0.717) is 34.5 Å². The molecular formula is C26H20FNO4. The van der Waals surface area contributed by atoms with E-state index in [0.717, 1.165) is 17.5 Å². The van der Waals surface area contributed by atoms with Crippen molar-refractivity contribution >= 4 is 16.7 Å². The van der Waals surface area contributed by atoms with Crippen LogP contribution in [0.15, 0.2) is 71.7 Å². The van der Waals surface area contributed by atoms with E-state index >= 15 is 0 Å². The normalized spacial score (nSPS) is 12.3. The van der Waals surface area contributed by atoms with Gasteiger partial charge in [-0.2, -0.15) is 0 Å². The Morgan fingerprint density at radius 1 is 0.969 bits per heavy atom. The third-order valence-electron chi connectivity index (χ3n) is 5.71. The summed E-state index contributed by atoms with van der Waals surface area (Å²) in [6, 6.07) is 16.8. The average Bonchev–Trinajstić information content (AvgIpc) is 3.28. The molecule has 6 heteroatoms. The molecule has 4 aromatic rings. The van der Waals surface area contributed by atoms with Gasteiger partial charge in [0.05, 0.1) is 16.5 Å². The molecule has 3 aromatic carbocycles. The van der Waals surface area contributed by atoms with Crippen molar-refractivity contribution in [3.8, 4) is 11.5 Å². The summed E-state index contributed by atoms with van der Waals surface area (Å²) in [7, 11) is 0. The Balaban J connectivity index is 1.68. The van der Waals surface area contributed by atoms with Gasteiger partial charge in [0.1, 0.15) is 5.82 Å². The number of nitrogens with zero attached hydrogens (tertiary/aromatic N) is 1. The van der Waals surface area contributed by atoms with Crippen molar-refractivity contribution in [3.05, 3.63) is 105 Å². The van der Waals surface area contributed by atoms with Crippen molar-refractivity contribution in [1.82, 2.24) is 4.57 Å². The number of ketones is 1. The summed E-state index contributed by atoms with van der Waals surface area (Å²) in [6.45, 7) is 2.47. The second-order valence-electron chi connectivity index (χ2n) is 7.73. The first kappa shape index (κ1) is 20.0. The lowest BCUT2D eigenvalue weighted by Crippen LogP contribution is -2.20. The SMILES string of the molecule is CCc1ccc(C(=O)c2cn(Cc3ccc(F)cc3)c3cc4c(cc3c2=O)OCO4)cc1. The summed E-state index contributed by atoms with van der Waals surface area (Å²) in [6.07, 6.45) is 2.44. The first-order valence-corrected chi connectivity index (χ1v) is 10.4. The summed E-state index contributed by atoms with van der Waals surface area (Å²) in [5.41, 5.74) is 2.72.